The normalized spacial score (nSPS) is 12.2. The fourth-order valence-electron chi connectivity index (χ4n) is 1.48. The second kappa shape index (κ2) is 7.06. The zero-order chi connectivity index (χ0) is 13.5. The van der Waals surface area contributed by atoms with Gasteiger partial charge in [-0.15, -0.1) is 0 Å². The highest BCUT2D eigenvalue weighted by Gasteiger charge is 2.11. The van der Waals surface area contributed by atoms with E-state index in [2.05, 4.69) is 10.6 Å². The van der Waals surface area contributed by atoms with Gasteiger partial charge in [0.05, 0.1) is 6.04 Å². The monoisotopic (exact) mass is 256 g/mol. The van der Waals surface area contributed by atoms with E-state index in [1.807, 2.05) is 6.92 Å². The molecule has 18 heavy (non-hydrogen) atoms. The Balaban J connectivity index is 2.46. The van der Waals surface area contributed by atoms with Gasteiger partial charge in [0, 0.05) is 19.2 Å². The molecular formula is C13H18F2N2O. The van der Waals surface area contributed by atoms with Gasteiger partial charge < -0.3 is 10.6 Å². The molecule has 5 heteroatoms. The molecule has 1 amide bonds. The van der Waals surface area contributed by atoms with Gasteiger partial charge in [0.25, 0.3) is 0 Å². The van der Waals surface area contributed by atoms with Crippen LogP contribution in [0.25, 0.3) is 0 Å². The van der Waals surface area contributed by atoms with Crippen molar-refractivity contribution in [2.24, 2.45) is 0 Å². The highest BCUT2D eigenvalue weighted by molar-refractivity contribution is 5.81. The van der Waals surface area contributed by atoms with Crippen LogP contribution in [0.1, 0.15) is 25.8 Å². The molecule has 100 valence electrons. The second-order valence-electron chi connectivity index (χ2n) is 4.17. The van der Waals surface area contributed by atoms with Gasteiger partial charge in [-0.1, -0.05) is 6.92 Å². The van der Waals surface area contributed by atoms with Crippen LogP contribution in [0.2, 0.25) is 0 Å². The van der Waals surface area contributed by atoms with Crippen LogP contribution in [0.5, 0.6) is 0 Å². The smallest absolute Gasteiger partial charge is 0.236 e. The number of rotatable bonds is 6. The fourth-order valence-corrected chi connectivity index (χ4v) is 1.48. The van der Waals surface area contributed by atoms with E-state index < -0.39 is 17.7 Å². The van der Waals surface area contributed by atoms with E-state index >= 15 is 0 Å². The van der Waals surface area contributed by atoms with Gasteiger partial charge in [-0.2, -0.15) is 0 Å². The van der Waals surface area contributed by atoms with Crippen molar-refractivity contribution in [1.29, 1.82) is 0 Å². The summed E-state index contributed by atoms with van der Waals surface area (Å²) in [6.45, 7) is 4.55. The predicted molar refractivity (Wildman–Crippen MR) is 66.0 cm³/mol. The van der Waals surface area contributed by atoms with Crippen LogP contribution >= 0.6 is 0 Å². The van der Waals surface area contributed by atoms with Crippen molar-refractivity contribution in [3.8, 4) is 0 Å². The predicted octanol–water partition coefficient (Wildman–Crippen LogP) is 1.97. The summed E-state index contributed by atoms with van der Waals surface area (Å²) in [7, 11) is 0. The van der Waals surface area contributed by atoms with Gasteiger partial charge in [-0.3, -0.25) is 4.79 Å². The summed E-state index contributed by atoms with van der Waals surface area (Å²) >= 11 is 0. The Morgan fingerprint density at radius 3 is 2.44 bits per heavy atom. The maximum atomic E-state index is 12.9. The maximum Gasteiger partial charge on any atom is 0.236 e. The lowest BCUT2D eigenvalue weighted by atomic mass is 10.2. The minimum atomic E-state index is -0.616. The third kappa shape index (κ3) is 4.79. The lowest BCUT2D eigenvalue weighted by molar-refractivity contribution is -0.122. The zero-order valence-electron chi connectivity index (χ0n) is 10.6. The first-order valence-electron chi connectivity index (χ1n) is 5.99. The zero-order valence-corrected chi connectivity index (χ0v) is 10.6. The summed E-state index contributed by atoms with van der Waals surface area (Å²) in [6, 6.07) is 2.91. The van der Waals surface area contributed by atoms with Crippen LogP contribution in [0.15, 0.2) is 18.2 Å². The van der Waals surface area contributed by atoms with Gasteiger partial charge in [-0.05, 0) is 31.0 Å². The van der Waals surface area contributed by atoms with Crippen molar-refractivity contribution in [2.75, 3.05) is 6.54 Å². The van der Waals surface area contributed by atoms with Gasteiger partial charge in [0.1, 0.15) is 11.6 Å². The van der Waals surface area contributed by atoms with Crippen LogP contribution in [-0.4, -0.2) is 18.5 Å². The van der Waals surface area contributed by atoms with Crippen molar-refractivity contribution in [3.05, 3.63) is 35.4 Å². The Bertz CT molecular complexity index is 390. The van der Waals surface area contributed by atoms with Crippen LogP contribution in [0.4, 0.5) is 8.78 Å². The van der Waals surface area contributed by atoms with Crippen molar-refractivity contribution >= 4 is 5.91 Å². The number of carbonyl (C=O) groups is 1. The Morgan fingerprint density at radius 1 is 1.28 bits per heavy atom. The largest absolute Gasteiger partial charge is 0.355 e. The molecule has 1 aromatic carbocycles. The van der Waals surface area contributed by atoms with E-state index in [9.17, 15) is 13.6 Å². The summed E-state index contributed by atoms with van der Waals surface area (Å²) in [5.74, 6) is -1.35. The molecule has 0 aliphatic heterocycles. The molecule has 1 aromatic rings. The Morgan fingerprint density at radius 2 is 1.89 bits per heavy atom. The summed E-state index contributed by atoms with van der Waals surface area (Å²) in [4.78, 5) is 11.5. The maximum absolute atomic E-state index is 12.9. The number of benzene rings is 1. The Hall–Kier alpha value is -1.49. The number of hydrogen-bond acceptors (Lipinski definition) is 2. The molecule has 1 rings (SSSR count). The second-order valence-corrected chi connectivity index (χ2v) is 4.17. The van der Waals surface area contributed by atoms with Crippen LogP contribution in [-0.2, 0) is 11.3 Å². The molecule has 3 nitrogen and oxygen atoms in total. The number of carbonyl (C=O) groups excluding carboxylic acids is 1. The summed E-state index contributed by atoms with van der Waals surface area (Å²) < 4.78 is 25.9. The molecule has 1 unspecified atom stereocenters. The molecule has 0 aliphatic carbocycles. The summed E-state index contributed by atoms with van der Waals surface area (Å²) in [5.41, 5.74) is 0.475. The molecule has 0 aromatic heterocycles. The third-order valence-corrected chi connectivity index (χ3v) is 2.48. The van der Waals surface area contributed by atoms with E-state index in [1.165, 1.54) is 12.1 Å². The molecule has 2 N–H and O–H groups in total. The fraction of sp³-hybridized carbons (Fsp3) is 0.462. The van der Waals surface area contributed by atoms with Gasteiger partial charge in [-0.25, -0.2) is 8.78 Å². The number of nitrogens with one attached hydrogen (secondary N) is 2. The minimum Gasteiger partial charge on any atom is -0.355 e. The standard InChI is InChI=1S/C13H18F2N2O/c1-3-4-16-13(18)9(2)17-8-10-5-11(14)7-12(15)6-10/h5-7,9,17H,3-4,8H2,1-2H3,(H,16,18). The molecule has 0 radical (unpaired) electrons. The minimum absolute atomic E-state index is 0.117. The highest BCUT2D eigenvalue weighted by Crippen LogP contribution is 2.07. The average Bonchev–Trinajstić information content (AvgIpc) is 2.31. The van der Waals surface area contributed by atoms with Crippen molar-refractivity contribution < 1.29 is 13.6 Å². The molecule has 0 spiro atoms. The molecule has 0 saturated carbocycles. The van der Waals surface area contributed by atoms with Crippen molar-refractivity contribution in [2.45, 2.75) is 32.9 Å². The first kappa shape index (κ1) is 14.6. The van der Waals surface area contributed by atoms with Crippen LogP contribution in [0.3, 0.4) is 0 Å². The lowest BCUT2D eigenvalue weighted by Gasteiger charge is -2.13. The Kier molecular flexibility index (Phi) is 5.71. The van der Waals surface area contributed by atoms with Crippen LogP contribution in [0, 0.1) is 11.6 Å². The molecule has 0 fully saturated rings. The first-order chi connectivity index (χ1) is 8.52. The summed E-state index contributed by atoms with van der Waals surface area (Å²) in [5, 5.41) is 5.66. The average molecular weight is 256 g/mol. The lowest BCUT2D eigenvalue weighted by Crippen LogP contribution is -2.42. The molecule has 1 atom stereocenters. The summed E-state index contributed by atoms with van der Waals surface area (Å²) in [6.07, 6.45) is 0.869. The van der Waals surface area contributed by atoms with Crippen molar-refractivity contribution in [1.82, 2.24) is 10.6 Å². The number of amides is 1. The topological polar surface area (TPSA) is 41.1 Å². The molecule has 0 heterocycles. The third-order valence-electron chi connectivity index (χ3n) is 2.48. The quantitative estimate of drug-likeness (QED) is 0.817. The van der Waals surface area contributed by atoms with Gasteiger partial charge in [0.2, 0.25) is 5.91 Å². The molecule has 0 bridgehead atoms. The molecular weight excluding hydrogens is 238 g/mol. The molecule has 0 saturated heterocycles. The van der Waals surface area contributed by atoms with E-state index in [0.717, 1.165) is 12.5 Å². The van der Waals surface area contributed by atoms with Gasteiger partial charge in [0.15, 0.2) is 0 Å². The Labute approximate surface area is 106 Å². The van der Waals surface area contributed by atoms with E-state index in [0.29, 0.717) is 12.1 Å². The van der Waals surface area contributed by atoms with Crippen LogP contribution < -0.4 is 10.6 Å². The molecule has 0 aliphatic rings. The van der Waals surface area contributed by atoms with Crippen molar-refractivity contribution in [3.63, 3.8) is 0 Å². The first-order valence-corrected chi connectivity index (χ1v) is 5.99. The van der Waals surface area contributed by atoms with E-state index in [4.69, 9.17) is 0 Å². The number of hydrogen-bond donors (Lipinski definition) is 2. The van der Waals surface area contributed by atoms with Gasteiger partial charge >= 0.3 is 0 Å². The number of halogens is 2. The van der Waals surface area contributed by atoms with E-state index in [1.54, 1.807) is 6.92 Å². The van der Waals surface area contributed by atoms with E-state index in [-0.39, 0.29) is 12.5 Å². The highest BCUT2D eigenvalue weighted by atomic mass is 19.1. The SMILES string of the molecule is CCCNC(=O)C(C)NCc1cc(F)cc(F)c1.